The van der Waals surface area contributed by atoms with E-state index in [1.54, 1.807) is 23.7 Å². The van der Waals surface area contributed by atoms with E-state index in [4.69, 9.17) is 9.47 Å². The average molecular weight is 292 g/mol. The van der Waals surface area contributed by atoms with Gasteiger partial charge in [0, 0.05) is 17.6 Å². The van der Waals surface area contributed by atoms with Crippen molar-refractivity contribution in [3.8, 4) is 11.5 Å². The van der Waals surface area contributed by atoms with E-state index in [-0.39, 0.29) is 12.5 Å². The molecule has 0 bridgehead atoms. The molecule has 0 atom stereocenters. The van der Waals surface area contributed by atoms with Gasteiger partial charge in [0.25, 0.3) is 5.91 Å². The Kier molecular flexibility index (Phi) is 5.37. The Labute approximate surface area is 121 Å². The second kappa shape index (κ2) is 7.49. The van der Waals surface area contributed by atoms with E-state index in [9.17, 15) is 4.79 Å². The number of aromatic nitrogens is 1. The van der Waals surface area contributed by atoms with Gasteiger partial charge in [-0.15, -0.1) is 11.3 Å². The molecule has 0 radical (unpaired) electrons. The zero-order valence-electron chi connectivity index (χ0n) is 11.2. The van der Waals surface area contributed by atoms with E-state index in [0.717, 1.165) is 12.2 Å². The fourth-order valence-corrected chi connectivity index (χ4v) is 2.01. The summed E-state index contributed by atoms with van der Waals surface area (Å²) in [5, 5.41) is 5.02. The third-order valence-electron chi connectivity index (χ3n) is 2.33. The van der Waals surface area contributed by atoms with Crippen molar-refractivity contribution in [1.29, 1.82) is 0 Å². The number of nitrogens with one attached hydrogen (secondary N) is 1. The number of carbonyl (C=O) groups is 1. The van der Waals surface area contributed by atoms with Crippen molar-refractivity contribution < 1.29 is 14.3 Å². The van der Waals surface area contributed by atoms with Crippen LogP contribution in [-0.4, -0.2) is 24.1 Å². The molecule has 106 valence electrons. The molecule has 0 saturated heterocycles. The van der Waals surface area contributed by atoms with Crippen LogP contribution in [0.25, 0.3) is 0 Å². The first kappa shape index (κ1) is 14.3. The van der Waals surface area contributed by atoms with Crippen LogP contribution in [0.3, 0.4) is 0 Å². The van der Waals surface area contributed by atoms with E-state index in [1.165, 1.54) is 11.3 Å². The van der Waals surface area contributed by atoms with Gasteiger partial charge in [-0.3, -0.25) is 10.1 Å². The van der Waals surface area contributed by atoms with E-state index in [1.807, 2.05) is 19.1 Å². The standard InChI is InChI=1S/C14H16N2O3S/c1-2-7-18-11-4-3-5-12(9-11)19-10-13(17)16-14-15-6-8-20-14/h3-6,8-9H,2,7,10H2,1H3,(H,15,16,17). The largest absolute Gasteiger partial charge is 0.493 e. The van der Waals surface area contributed by atoms with Crippen LogP contribution < -0.4 is 14.8 Å². The maximum absolute atomic E-state index is 11.6. The Morgan fingerprint density at radius 2 is 2.15 bits per heavy atom. The summed E-state index contributed by atoms with van der Waals surface area (Å²) in [7, 11) is 0. The molecule has 1 aromatic heterocycles. The highest BCUT2D eigenvalue weighted by atomic mass is 32.1. The lowest BCUT2D eigenvalue weighted by Crippen LogP contribution is -2.19. The van der Waals surface area contributed by atoms with Crippen LogP contribution in [0.15, 0.2) is 35.8 Å². The summed E-state index contributed by atoms with van der Waals surface area (Å²) in [5.41, 5.74) is 0. The number of amides is 1. The quantitative estimate of drug-likeness (QED) is 0.852. The van der Waals surface area contributed by atoms with Crippen LogP contribution >= 0.6 is 11.3 Å². The first-order valence-corrected chi connectivity index (χ1v) is 7.21. The average Bonchev–Trinajstić information content (AvgIpc) is 2.96. The number of hydrogen-bond acceptors (Lipinski definition) is 5. The Hall–Kier alpha value is -2.08. The predicted molar refractivity (Wildman–Crippen MR) is 78.5 cm³/mol. The molecule has 0 aliphatic rings. The summed E-state index contributed by atoms with van der Waals surface area (Å²) >= 11 is 1.37. The highest BCUT2D eigenvalue weighted by molar-refractivity contribution is 7.13. The van der Waals surface area contributed by atoms with Gasteiger partial charge in [-0.05, 0) is 18.6 Å². The van der Waals surface area contributed by atoms with Crippen molar-refractivity contribution >= 4 is 22.4 Å². The van der Waals surface area contributed by atoms with Crippen LogP contribution in [0.2, 0.25) is 0 Å². The van der Waals surface area contributed by atoms with E-state index < -0.39 is 0 Å². The maximum atomic E-state index is 11.6. The number of ether oxygens (including phenoxy) is 2. The smallest absolute Gasteiger partial charge is 0.264 e. The SMILES string of the molecule is CCCOc1cccc(OCC(=O)Nc2nccs2)c1. The number of thiazole rings is 1. The van der Waals surface area contributed by atoms with E-state index in [0.29, 0.717) is 17.5 Å². The Morgan fingerprint density at radius 3 is 2.85 bits per heavy atom. The minimum Gasteiger partial charge on any atom is -0.493 e. The fourth-order valence-electron chi connectivity index (χ4n) is 1.46. The number of nitrogens with zero attached hydrogens (tertiary/aromatic N) is 1. The molecule has 1 N–H and O–H groups in total. The van der Waals surface area contributed by atoms with Crippen molar-refractivity contribution in [3.05, 3.63) is 35.8 Å². The Morgan fingerprint density at radius 1 is 1.35 bits per heavy atom. The van der Waals surface area contributed by atoms with Crippen LogP contribution in [0.5, 0.6) is 11.5 Å². The van der Waals surface area contributed by atoms with Gasteiger partial charge in [-0.25, -0.2) is 4.98 Å². The van der Waals surface area contributed by atoms with Crippen molar-refractivity contribution in [2.75, 3.05) is 18.5 Å². The molecular weight excluding hydrogens is 276 g/mol. The monoisotopic (exact) mass is 292 g/mol. The number of anilines is 1. The Bertz CT molecular complexity index is 543. The summed E-state index contributed by atoms with van der Waals surface area (Å²) in [5.74, 6) is 1.11. The number of benzene rings is 1. The van der Waals surface area contributed by atoms with Gasteiger partial charge >= 0.3 is 0 Å². The van der Waals surface area contributed by atoms with Crippen molar-refractivity contribution in [2.24, 2.45) is 0 Å². The normalized spacial score (nSPS) is 10.1. The van der Waals surface area contributed by atoms with E-state index >= 15 is 0 Å². The molecule has 2 aromatic rings. The number of rotatable bonds is 7. The van der Waals surface area contributed by atoms with Gasteiger partial charge in [0.15, 0.2) is 11.7 Å². The predicted octanol–water partition coefficient (Wildman–Crippen LogP) is 2.95. The second-order valence-electron chi connectivity index (χ2n) is 4.00. The van der Waals surface area contributed by atoms with Gasteiger partial charge < -0.3 is 9.47 Å². The van der Waals surface area contributed by atoms with Crippen LogP contribution in [0.1, 0.15) is 13.3 Å². The molecule has 2 rings (SSSR count). The van der Waals surface area contributed by atoms with Gasteiger partial charge in [0.1, 0.15) is 11.5 Å². The molecule has 6 heteroatoms. The second-order valence-corrected chi connectivity index (χ2v) is 4.89. The molecule has 5 nitrogen and oxygen atoms in total. The molecule has 1 amide bonds. The van der Waals surface area contributed by atoms with Crippen molar-refractivity contribution in [2.45, 2.75) is 13.3 Å². The lowest BCUT2D eigenvalue weighted by molar-refractivity contribution is -0.118. The molecule has 1 aromatic carbocycles. The summed E-state index contributed by atoms with van der Waals surface area (Å²) < 4.78 is 10.9. The molecule has 0 saturated carbocycles. The van der Waals surface area contributed by atoms with Gasteiger partial charge in [0.05, 0.1) is 6.61 Å². The third-order valence-corrected chi connectivity index (χ3v) is 3.02. The number of carbonyl (C=O) groups excluding carboxylic acids is 1. The Balaban J connectivity index is 1.82. The molecule has 0 spiro atoms. The minimum absolute atomic E-state index is 0.0587. The van der Waals surface area contributed by atoms with Crippen molar-refractivity contribution in [3.63, 3.8) is 0 Å². The molecule has 0 unspecified atom stereocenters. The molecule has 0 aliphatic carbocycles. The van der Waals surface area contributed by atoms with Gasteiger partial charge in [-0.1, -0.05) is 13.0 Å². The molecule has 0 aliphatic heterocycles. The van der Waals surface area contributed by atoms with E-state index in [2.05, 4.69) is 10.3 Å². The topological polar surface area (TPSA) is 60.5 Å². The fraction of sp³-hybridized carbons (Fsp3) is 0.286. The van der Waals surface area contributed by atoms with Gasteiger partial charge in [-0.2, -0.15) is 0 Å². The number of hydrogen-bond donors (Lipinski definition) is 1. The highest BCUT2D eigenvalue weighted by Gasteiger charge is 2.05. The zero-order chi connectivity index (χ0) is 14.2. The summed E-state index contributed by atoms with van der Waals surface area (Å²) in [4.78, 5) is 15.6. The lowest BCUT2D eigenvalue weighted by Gasteiger charge is -2.08. The molecule has 1 heterocycles. The van der Waals surface area contributed by atoms with Crippen LogP contribution in [-0.2, 0) is 4.79 Å². The minimum atomic E-state index is -0.236. The van der Waals surface area contributed by atoms with Crippen molar-refractivity contribution in [1.82, 2.24) is 4.98 Å². The van der Waals surface area contributed by atoms with Crippen LogP contribution in [0, 0.1) is 0 Å². The summed E-state index contributed by atoms with van der Waals surface area (Å²) in [6, 6.07) is 7.25. The molecule has 0 fully saturated rings. The molecule has 20 heavy (non-hydrogen) atoms. The first-order chi connectivity index (χ1) is 9.78. The first-order valence-electron chi connectivity index (χ1n) is 6.33. The zero-order valence-corrected chi connectivity index (χ0v) is 12.0. The lowest BCUT2D eigenvalue weighted by atomic mass is 10.3. The van der Waals surface area contributed by atoms with Gasteiger partial charge in [0.2, 0.25) is 0 Å². The molecular formula is C14H16N2O3S. The summed E-state index contributed by atoms with van der Waals surface area (Å²) in [6.07, 6.45) is 2.58. The highest BCUT2D eigenvalue weighted by Crippen LogP contribution is 2.19. The third kappa shape index (κ3) is 4.55. The maximum Gasteiger partial charge on any atom is 0.264 e. The van der Waals surface area contributed by atoms with Crippen LogP contribution in [0.4, 0.5) is 5.13 Å². The summed E-state index contributed by atoms with van der Waals surface area (Å²) in [6.45, 7) is 2.65.